The number of carbonyl (C=O) groups excluding carboxylic acids is 7. The van der Waals surface area contributed by atoms with E-state index in [9.17, 15) is 63.6 Å². The van der Waals surface area contributed by atoms with Crippen molar-refractivity contribution in [3.8, 4) is 0 Å². The number of carbonyl (C=O) groups is 8. The number of benzene rings is 6. The first kappa shape index (κ1) is 108. The molecule has 0 aromatic heterocycles. The number of halogens is 8. The molecule has 6 aromatic carbocycles. The molecule has 0 bridgehead atoms. The van der Waals surface area contributed by atoms with Gasteiger partial charge in [-0.2, -0.15) is 0 Å². The summed E-state index contributed by atoms with van der Waals surface area (Å²) in [7, 11) is -4.34. The molecule has 6 aromatic rings. The van der Waals surface area contributed by atoms with E-state index in [1.807, 2.05) is 61.6 Å². The monoisotopic (exact) mass is 1970 g/mol. The molecule has 694 valence electrons. The molecule has 0 spiro atoms. The standard InChI is InChI=1S/C50H62Cl4N4O10S2.C23H30Cl2N2O4S.C8H9NO6.C4H5NO2.2ClH/c1-57-31-44(42-27-37(51)29-48(53)46(42)33-57)35-6-11-40(12-7-35)69(61,62)26-4-19-66-23-24-67-20-16-55-50(60)15-10-39(59)5-3-18-65-22-25-68-21-17-56-70(63,64)41-13-8-36(9-14-41)45-32-58(2)34-47-43(45)28-38(52)30-49(47)54;1-27-15-21(20-13-18(24)14-23(25)22(20)16-27)17-3-5-19(6-4-17)32(28,29)12-2-8-30-10-11-31-9-7-26;10-5-1-2-6(11)9(5)15-8(14)4-3-7(12)13;6-3-1-2-4(7)5-3;;/h6-9,11-14,27-30,44-45,56H,3-5,10,15-26,31-34H2,1-2H3,(H,55,60);3-6,13-14,21H,2,7-12,15-16,26H2,1H3;1-4H2,(H,12,13);1-2H2,(H,5,6,7);2*1H/t44-,45-;21-;;;;/m00..../s1. The summed E-state index contributed by atoms with van der Waals surface area (Å²) in [6, 6.07) is 32.3. The van der Waals surface area contributed by atoms with Crippen LogP contribution in [0.3, 0.4) is 0 Å². The molecular formula is C85H108Cl8N8O22S3. The number of nitrogens with one attached hydrogen (secondary N) is 5. The summed E-state index contributed by atoms with van der Waals surface area (Å²) in [6.07, 6.45) is 1.79. The van der Waals surface area contributed by atoms with Crippen molar-refractivity contribution >= 4 is 147 Å². The molecule has 0 aliphatic carbocycles. The Hall–Kier alpha value is -6.59. The Kier molecular flexibility index (Phi) is 46.6. The Labute approximate surface area is 778 Å². The van der Waals surface area contributed by atoms with E-state index in [0.717, 1.165) is 89.3 Å². The van der Waals surface area contributed by atoms with Crippen molar-refractivity contribution in [2.24, 2.45) is 5.73 Å². The number of Topliss-reactive ketones (excluding diaryl/α,β-unsaturated/α-hetero) is 1. The maximum absolute atomic E-state index is 13.0. The van der Waals surface area contributed by atoms with Gasteiger partial charge in [-0.3, -0.25) is 38.9 Å². The smallest absolute Gasteiger partial charge is 0.333 e. The number of fused-ring (bicyclic) bond motifs is 3. The molecule has 5 aliphatic heterocycles. The molecular weight excluding hydrogens is 1860 g/mol. The number of ketones is 1. The van der Waals surface area contributed by atoms with Crippen LogP contribution in [0.4, 0.5) is 0 Å². The van der Waals surface area contributed by atoms with Crippen LogP contribution in [0.5, 0.6) is 0 Å². The lowest BCUT2D eigenvalue weighted by Gasteiger charge is -2.33. The van der Waals surface area contributed by atoms with Gasteiger partial charge in [0, 0.05) is 135 Å². The molecule has 30 nitrogen and oxygen atoms in total. The minimum Gasteiger partial charge on any atom is -1.00 e. The van der Waals surface area contributed by atoms with Crippen LogP contribution in [0.2, 0.25) is 30.1 Å². The molecule has 41 heteroatoms. The van der Waals surface area contributed by atoms with Gasteiger partial charge >= 0.3 is 11.9 Å². The average molecular weight is 1970 g/mol. The highest BCUT2D eigenvalue weighted by Crippen LogP contribution is 2.41. The van der Waals surface area contributed by atoms with Gasteiger partial charge in [0.25, 0.3) is 11.8 Å². The topological polar surface area (TPSA) is 401 Å². The Bertz CT molecular complexity index is 4790. The number of carboxylic acid groups (broad SMARTS) is 1. The summed E-state index contributed by atoms with van der Waals surface area (Å²) < 4.78 is 113. The predicted molar refractivity (Wildman–Crippen MR) is 467 cm³/mol. The van der Waals surface area contributed by atoms with Gasteiger partial charge in [0.2, 0.25) is 27.7 Å². The van der Waals surface area contributed by atoms with Gasteiger partial charge in [0.1, 0.15) is 18.9 Å². The van der Waals surface area contributed by atoms with E-state index in [4.69, 9.17) is 109 Å². The van der Waals surface area contributed by atoms with E-state index in [1.165, 1.54) is 9.80 Å². The largest absolute Gasteiger partial charge is 1.00 e. The number of hydrogen-bond acceptors (Lipinski definition) is 23. The zero-order valence-electron chi connectivity index (χ0n) is 70.1. The second-order valence-corrected chi connectivity index (χ2v) is 38.7. The highest BCUT2D eigenvalue weighted by atomic mass is 35.5. The molecule has 5 amide bonds. The number of amides is 5. The van der Waals surface area contributed by atoms with Gasteiger partial charge in [-0.25, -0.2) is 34.8 Å². The van der Waals surface area contributed by atoms with Crippen molar-refractivity contribution in [1.82, 2.24) is 25.3 Å². The first-order valence-corrected chi connectivity index (χ1v) is 47.7. The van der Waals surface area contributed by atoms with E-state index in [2.05, 4.69) is 39.2 Å². The number of carboxylic acids is 1. The van der Waals surface area contributed by atoms with Crippen molar-refractivity contribution in [1.29, 1.82) is 0 Å². The van der Waals surface area contributed by atoms with E-state index >= 15 is 0 Å². The second-order valence-electron chi connectivity index (χ2n) is 30.2. The van der Waals surface area contributed by atoms with E-state index in [-0.39, 0.29) is 179 Å². The number of rotatable bonds is 43. The Morgan fingerprint density at radius 1 is 0.492 bits per heavy atom. The zero-order valence-corrected chi connectivity index (χ0v) is 78.6. The van der Waals surface area contributed by atoms with Crippen LogP contribution in [-0.2, 0) is 121 Å². The minimum absolute atomic E-state index is 0. The van der Waals surface area contributed by atoms with Gasteiger partial charge in [0.15, 0.2) is 19.7 Å². The summed E-state index contributed by atoms with van der Waals surface area (Å²) >= 11 is 38.4. The van der Waals surface area contributed by atoms with Crippen LogP contribution >= 0.6 is 69.6 Å². The molecule has 2 fully saturated rings. The van der Waals surface area contributed by atoms with Crippen LogP contribution in [0.15, 0.2) is 124 Å². The van der Waals surface area contributed by atoms with Crippen LogP contribution in [0, 0.1) is 0 Å². The summed E-state index contributed by atoms with van der Waals surface area (Å²) in [6.45, 7) is 9.64. The van der Waals surface area contributed by atoms with Crippen molar-refractivity contribution in [2.75, 3.05) is 151 Å². The van der Waals surface area contributed by atoms with Gasteiger partial charge in [-0.1, -0.05) is 106 Å². The molecule has 0 saturated carbocycles. The lowest BCUT2D eigenvalue weighted by atomic mass is 9.85. The van der Waals surface area contributed by atoms with Crippen LogP contribution < -0.4 is 55.7 Å². The number of imide groups is 2. The summed E-state index contributed by atoms with van der Waals surface area (Å²) in [5.41, 5.74) is 14.8. The number of sulfone groups is 2. The number of nitrogens with zero attached hydrogens (tertiary/aromatic N) is 2. The third kappa shape index (κ3) is 35.3. The van der Waals surface area contributed by atoms with Crippen molar-refractivity contribution in [3.63, 3.8) is 0 Å². The fourth-order valence-electron chi connectivity index (χ4n) is 14.3. The molecule has 0 radical (unpaired) electrons. The zero-order chi connectivity index (χ0) is 90.1. The number of hydrogen-bond donors (Lipinski definition) is 7. The lowest BCUT2D eigenvalue weighted by molar-refractivity contribution is -0.897. The predicted octanol–water partition coefficient (Wildman–Crippen LogP) is 1.69. The third-order valence-electron chi connectivity index (χ3n) is 20.4. The summed E-state index contributed by atoms with van der Waals surface area (Å²) in [5, 5.41) is 17.3. The maximum Gasteiger partial charge on any atom is 0.333 e. The number of nitrogens with two attached hydrogens (primary N) is 1. The third-order valence-corrected chi connectivity index (χ3v) is 27.2. The van der Waals surface area contributed by atoms with E-state index in [1.54, 1.807) is 54.6 Å². The van der Waals surface area contributed by atoms with E-state index in [0.29, 0.717) is 118 Å². The van der Waals surface area contributed by atoms with E-state index < -0.39 is 59.9 Å². The van der Waals surface area contributed by atoms with Crippen LogP contribution in [0.25, 0.3) is 0 Å². The van der Waals surface area contributed by atoms with Crippen LogP contribution in [-0.4, -0.2) is 239 Å². The van der Waals surface area contributed by atoms with Gasteiger partial charge in [0.05, 0.1) is 148 Å². The summed E-state index contributed by atoms with van der Waals surface area (Å²) in [4.78, 5) is 97.7. The number of sulfonamides is 1. The molecule has 5 aliphatic rings. The average Bonchev–Trinajstić information content (AvgIpc) is 1.08. The molecule has 5 heterocycles. The Morgan fingerprint density at radius 2 is 0.897 bits per heavy atom. The van der Waals surface area contributed by atoms with Crippen molar-refractivity contribution < 1.29 is 137 Å². The van der Waals surface area contributed by atoms with Crippen LogP contribution in [0.1, 0.15) is 145 Å². The van der Waals surface area contributed by atoms with Crippen molar-refractivity contribution in [2.45, 2.75) is 129 Å². The second kappa shape index (κ2) is 54.3. The number of hydroxylamine groups is 2. The molecule has 126 heavy (non-hydrogen) atoms. The number of quaternary nitrogens is 2. The number of aliphatic carboxylic acids is 1. The number of likely N-dealkylation sites (N-methyl/N-ethyl adjacent to an activating group) is 3. The molecule has 5 atom stereocenters. The SMILES string of the molecule is CN1Cc2c(Cl)cc(Cl)cc2[C@H](c2ccc(S(=O)(=O)CCCOCCOCCN)cc2)C1.C[NH+]1Cc2c(Cl)cc(Cl)cc2[C@H](c2ccc(S(=O)(=O)CCCOCCOCCNC(=O)CCC(=O)CCCOCCOCCNS(=O)(=O)c3ccc([C@@H]4C[NH+](C)Cc5c(Cl)cc(Cl)cc54)cc3)cc2)C1.O=C(O)CCC(=O)ON1C(=O)CCC1=O.O=C1CCC(=O)N1.[Cl-].[Cl-]. The Balaban J connectivity index is 0.000000355. The molecule has 8 N–H and O–H groups in total. The first-order valence-electron chi connectivity index (χ1n) is 40.7. The quantitative estimate of drug-likeness (QED) is 0.0211. The minimum atomic E-state index is -3.74. The fraction of sp³-hybridized carbons (Fsp3) is 0.482. The number of ether oxygens (including phenoxy) is 6. The van der Waals surface area contributed by atoms with Gasteiger partial charge in [-0.15, -0.1) is 5.06 Å². The normalized spacial score (nSPS) is 17.3. The summed E-state index contributed by atoms with van der Waals surface area (Å²) in [5.74, 6) is -3.62. The van der Waals surface area contributed by atoms with Gasteiger partial charge < -0.3 is 88.9 Å². The highest BCUT2D eigenvalue weighted by Gasteiger charge is 2.35. The lowest BCUT2D eigenvalue weighted by Crippen LogP contribution is -3.09. The molecule has 2 saturated heterocycles. The van der Waals surface area contributed by atoms with Crippen molar-refractivity contribution in [3.05, 3.63) is 189 Å². The van der Waals surface area contributed by atoms with Gasteiger partial charge in [-0.05, 0) is 138 Å². The highest BCUT2D eigenvalue weighted by molar-refractivity contribution is 7.91. The Morgan fingerprint density at radius 3 is 1.33 bits per heavy atom. The fourth-order valence-corrected chi connectivity index (χ4v) is 19.6. The first-order chi connectivity index (χ1) is 59.1. The molecule has 11 rings (SSSR count). The molecule has 2 unspecified atom stereocenters. The maximum atomic E-state index is 13.0.